The number of aliphatic hydroxyl groups excluding tert-OH is 1. The van der Waals surface area contributed by atoms with Gasteiger partial charge < -0.3 is 25.2 Å². The Bertz CT molecular complexity index is 1180. The fourth-order valence-electron chi connectivity index (χ4n) is 6.44. The third-order valence-corrected chi connectivity index (χ3v) is 7.88. The molecule has 9 nitrogen and oxygen atoms in total. The molecule has 1 amide bonds. The molecular weight excluding hydrogens is 458 g/mol. The molecule has 3 N–H and O–H groups in total. The van der Waals surface area contributed by atoms with Crippen LogP contribution < -0.4 is 20.1 Å². The molecule has 36 heavy (non-hydrogen) atoms. The highest BCUT2D eigenvalue weighted by Crippen LogP contribution is 2.68. The third kappa shape index (κ3) is 4.03. The van der Waals surface area contributed by atoms with E-state index < -0.39 is 22.3 Å². The van der Waals surface area contributed by atoms with Crippen LogP contribution in [-0.2, 0) is 5.60 Å². The zero-order valence-corrected chi connectivity index (χ0v) is 21.7. The first kappa shape index (κ1) is 25.7. The van der Waals surface area contributed by atoms with Crippen molar-refractivity contribution in [2.75, 3.05) is 31.7 Å². The number of nitriles is 1. The summed E-state index contributed by atoms with van der Waals surface area (Å²) in [6.45, 7) is 10.0. The quantitative estimate of drug-likeness (QED) is 0.599. The first-order chi connectivity index (χ1) is 17.0. The van der Waals surface area contributed by atoms with Crippen LogP contribution in [-0.4, -0.2) is 47.8 Å². The number of aromatic nitrogens is 2. The van der Waals surface area contributed by atoms with E-state index in [0.717, 1.165) is 32.4 Å². The summed E-state index contributed by atoms with van der Waals surface area (Å²) in [5.41, 5.74) is 4.85. The first-order valence-corrected chi connectivity index (χ1v) is 12.3. The summed E-state index contributed by atoms with van der Waals surface area (Å²) in [5.74, 6) is 1.18. The molecule has 2 fully saturated rings. The number of carbonyl (C=O) groups excluding carboxylic acids is 1. The van der Waals surface area contributed by atoms with Gasteiger partial charge >= 0.3 is 0 Å². The number of rotatable bonds is 7. The maximum atomic E-state index is 12.6. The molecule has 0 unspecified atom stereocenters. The highest BCUT2D eigenvalue weighted by molar-refractivity contribution is 5.92. The van der Waals surface area contributed by atoms with E-state index in [1.807, 2.05) is 0 Å². The van der Waals surface area contributed by atoms with Crippen molar-refractivity contribution in [3.63, 3.8) is 0 Å². The van der Waals surface area contributed by atoms with Crippen LogP contribution in [0.2, 0.25) is 0 Å². The van der Waals surface area contributed by atoms with Crippen LogP contribution in [0.1, 0.15) is 68.7 Å². The Morgan fingerprint density at radius 1 is 1.25 bits per heavy atom. The number of amides is 1. The standard InChI is InChI=1S/C27H35N5O4/c1-25(2)16-26(3,4)27(25,36-19-7-6-18(13-28)20(12-19)35-5)23-22(24(29)34)30-14-21(31-23)32-10-8-17(15-33)9-11-32/h6-7,12,14,17,33H,8-11,15-16H2,1-5H3,(H2,29,34). The van der Waals surface area contributed by atoms with Crippen LogP contribution in [0.4, 0.5) is 5.82 Å². The van der Waals surface area contributed by atoms with Gasteiger partial charge in [-0.05, 0) is 37.3 Å². The number of benzene rings is 1. The Hall–Kier alpha value is -3.38. The number of ether oxygens (including phenoxy) is 2. The van der Waals surface area contributed by atoms with Gasteiger partial charge in [0, 0.05) is 36.6 Å². The molecule has 1 saturated carbocycles. The summed E-state index contributed by atoms with van der Waals surface area (Å²) in [7, 11) is 1.51. The Kier molecular flexibility index (Phi) is 6.60. The van der Waals surface area contributed by atoms with E-state index in [1.165, 1.54) is 7.11 Å². The summed E-state index contributed by atoms with van der Waals surface area (Å²) in [4.78, 5) is 24.2. The lowest BCUT2D eigenvalue weighted by Gasteiger charge is -2.65. The molecule has 9 heteroatoms. The van der Waals surface area contributed by atoms with E-state index in [2.05, 4.69) is 43.6 Å². The number of hydrogen-bond donors (Lipinski definition) is 2. The summed E-state index contributed by atoms with van der Waals surface area (Å²) in [5, 5.41) is 18.9. The van der Waals surface area contributed by atoms with Crippen LogP contribution in [0.5, 0.6) is 11.5 Å². The second-order valence-electron chi connectivity index (χ2n) is 11.1. The number of piperidine rings is 1. The van der Waals surface area contributed by atoms with E-state index in [-0.39, 0.29) is 18.2 Å². The summed E-state index contributed by atoms with van der Waals surface area (Å²) in [6.07, 6.45) is 4.13. The van der Waals surface area contributed by atoms with Gasteiger partial charge in [-0.1, -0.05) is 27.7 Å². The van der Waals surface area contributed by atoms with Crippen molar-refractivity contribution in [1.82, 2.24) is 9.97 Å². The molecule has 192 valence electrons. The average molecular weight is 494 g/mol. The van der Waals surface area contributed by atoms with Crippen LogP contribution in [0.3, 0.4) is 0 Å². The van der Waals surface area contributed by atoms with E-state index in [4.69, 9.17) is 20.2 Å². The van der Waals surface area contributed by atoms with Crippen molar-refractivity contribution in [3.8, 4) is 17.6 Å². The number of primary amides is 1. The SMILES string of the molecule is COc1cc(OC2(c3nc(N4CCC(CO)CC4)cnc3C(N)=O)C(C)(C)CC2(C)C)ccc1C#N. The maximum absolute atomic E-state index is 12.6. The normalized spacial score (nSPS) is 20.2. The number of methoxy groups -OCH3 is 1. The van der Waals surface area contributed by atoms with Gasteiger partial charge in [-0.2, -0.15) is 5.26 Å². The largest absolute Gasteiger partial charge is 0.495 e. The molecule has 2 aliphatic rings. The van der Waals surface area contributed by atoms with Crippen molar-refractivity contribution in [2.24, 2.45) is 22.5 Å². The van der Waals surface area contributed by atoms with Gasteiger partial charge in [0.2, 0.25) is 0 Å². The smallest absolute Gasteiger partial charge is 0.269 e. The molecule has 1 saturated heterocycles. The van der Waals surface area contributed by atoms with E-state index >= 15 is 0 Å². The molecule has 2 heterocycles. The summed E-state index contributed by atoms with van der Waals surface area (Å²) >= 11 is 0. The van der Waals surface area contributed by atoms with Crippen molar-refractivity contribution < 1.29 is 19.4 Å². The van der Waals surface area contributed by atoms with E-state index in [9.17, 15) is 15.2 Å². The second kappa shape index (κ2) is 9.25. The zero-order valence-electron chi connectivity index (χ0n) is 21.7. The maximum Gasteiger partial charge on any atom is 0.269 e. The van der Waals surface area contributed by atoms with Crippen LogP contribution in [0, 0.1) is 28.1 Å². The first-order valence-electron chi connectivity index (χ1n) is 12.3. The lowest BCUT2D eigenvalue weighted by molar-refractivity contribution is -0.240. The van der Waals surface area contributed by atoms with Gasteiger partial charge in [0.1, 0.15) is 29.1 Å². The minimum Gasteiger partial charge on any atom is -0.495 e. The molecule has 1 aromatic carbocycles. The van der Waals surface area contributed by atoms with Crippen molar-refractivity contribution in [2.45, 2.75) is 52.6 Å². The molecule has 0 spiro atoms. The molecular formula is C27H35N5O4. The molecule has 0 atom stereocenters. The topological polar surface area (TPSA) is 135 Å². The van der Waals surface area contributed by atoms with Crippen molar-refractivity contribution >= 4 is 11.7 Å². The van der Waals surface area contributed by atoms with Gasteiger partial charge in [-0.15, -0.1) is 0 Å². The molecule has 2 aromatic rings. The average Bonchev–Trinajstić information content (AvgIpc) is 2.85. The van der Waals surface area contributed by atoms with Gasteiger partial charge in [-0.25, -0.2) is 9.97 Å². The zero-order chi connectivity index (χ0) is 26.3. The fraction of sp³-hybridized carbons (Fsp3) is 0.556. The lowest BCUT2D eigenvalue weighted by atomic mass is 9.43. The summed E-state index contributed by atoms with van der Waals surface area (Å²) < 4.78 is 12.2. The van der Waals surface area contributed by atoms with Crippen molar-refractivity contribution in [3.05, 3.63) is 41.3 Å². The van der Waals surface area contributed by atoms with E-state index in [0.29, 0.717) is 28.6 Å². The predicted molar refractivity (Wildman–Crippen MR) is 135 cm³/mol. The minimum atomic E-state index is -1.03. The molecule has 1 aromatic heterocycles. The van der Waals surface area contributed by atoms with Crippen LogP contribution >= 0.6 is 0 Å². The molecule has 1 aliphatic heterocycles. The van der Waals surface area contributed by atoms with Gasteiger partial charge in [-0.3, -0.25) is 4.79 Å². The van der Waals surface area contributed by atoms with Gasteiger partial charge in [0.25, 0.3) is 5.91 Å². The number of nitrogens with zero attached hydrogens (tertiary/aromatic N) is 4. The number of anilines is 1. The second-order valence-corrected chi connectivity index (χ2v) is 11.1. The van der Waals surface area contributed by atoms with E-state index in [1.54, 1.807) is 24.4 Å². The monoisotopic (exact) mass is 493 g/mol. The molecule has 4 rings (SSSR count). The van der Waals surface area contributed by atoms with Crippen LogP contribution in [0.15, 0.2) is 24.4 Å². The fourth-order valence-corrected chi connectivity index (χ4v) is 6.44. The number of nitrogens with two attached hydrogens (primary N) is 1. The minimum absolute atomic E-state index is 0.0884. The Balaban J connectivity index is 1.86. The third-order valence-electron chi connectivity index (χ3n) is 7.88. The number of aliphatic hydroxyl groups is 1. The van der Waals surface area contributed by atoms with Gasteiger partial charge in [0.15, 0.2) is 11.3 Å². The van der Waals surface area contributed by atoms with Crippen molar-refractivity contribution in [1.29, 1.82) is 5.26 Å². The van der Waals surface area contributed by atoms with Crippen LogP contribution in [0.25, 0.3) is 0 Å². The highest BCUT2D eigenvalue weighted by Gasteiger charge is 2.70. The Morgan fingerprint density at radius 3 is 2.44 bits per heavy atom. The molecule has 1 aliphatic carbocycles. The Morgan fingerprint density at radius 2 is 1.92 bits per heavy atom. The highest BCUT2D eigenvalue weighted by atomic mass is 16.5. The lowest BCUT2D eigenvalue weighted by Crippen LogP contribution is -2.68. The summed E-state index contributed by atoms with van der Waals surface area (Å²) in [6, 6.07) is 7.19. The van der Waals surface area contributed by atoms with Gasteiger partial charge in [0.05, 0.1) is 18.9 Å². The predicted octanol–water partition coefficient (Wildman–Crippen LogP) is 3.39. The number of hydrogen-bond acceptors (Lipinski definition) is 8. The Labute approximate surface area is 212 Å². The molecule has 0 radical (unpaired) electrons. The molecule has 0 bridgehead atoms. The number of carbonyl (C=O) groups is 1.